The summed E-state index contributed by atoms with van der Waals surface area (Å²) >= 11 is 0. The number of hydrogen-bond acceptors (Lipinski definition) is 7. The van der Waals surface area contributed by atoms with Gasteiger partial charge in [-0.05, 0) is 0 Å². The first-order valence-corrected chi connectivity index (χ1v) is 10.7. The summed E-state index contributed by atoms with van der Waals surface area (Å²) in [6, 6.07) is 3.01. The first kappa shape index (κ1) is 20.9. The molecule has 0 unspecified atom stereocenters. The number of benzene rings is 1. The summed E-state index contributed by atoms with van der Waals surface area (Å²) in [6.45, 7) is 7.27. The van der Waals surface area contributed by atoms with Gasteiger partial charge in [-0.3, -0.25) is 15.0 Å². The van der Waals surface area contributed by atoms with E-state index in [9.17, 15) is 18.5 Å². The summed E-state index contributed by atoms with van der Waals surface area (Å²) in [6.07, 6.45) is 0. The molecule has 0 aliphatic carbocycles. The molecule has 0 amide bonds. The van der Waals surface area contributed by atoms with Gasteiger partial charge in [0.25, 0.3) is 15.9 Å². The van der Waals surface area contributed by atoms with E-state index in [1.54, 1.807) is 0 Å². The monoisotopic (exact) mass is 414 g/mol. The summed E-state index contributed by atoms with van der Waals surface area (Å²) in [5, 5.41) is 11.2. The van der Waals surface area contributed by atoms with Crippen LogP contribution in [-0.2, 0) is 28.1 Å². The highest BCUT2D eigenvalue weighted by atomic mass is 32.2. The van der Waals surface area contributed by atoms with Crippen LogP contribution in [0, 0.1) is 10.1 Å². The van der Waals surface area contributed by atoms with Crippen molar-refractivity contribution in [1.82, 2.24) is 13.5 Å². The van der Waals surface area contributed by atoms with E-state index in [4.69, 9.17) is 9.47 Å². The van der Waals surface area contributed by atoms with Crippen LogP contribution < -0.4 is 4.74 Å². The zero-order chi connectivity index (χ0) is 20.3. The van der Waals surface area contributed by atoms with Crippen molar-refractivity contribution >= 4 is 15.9 Å². The highest BCUT2D eigenvalue weighted by Crippen LogP contribution is 2.33. The van der Waals surface area contributed by atoms with Crippen LogP contribution in [0.3, 0.4) is 0 Å². The first-order chi connectivity index (χ1) is 13.4. The molecular weight excluding hydrogens is 388 g/mol. The third-order valence-electron chi connectivity index (χ3n) is 5.07. The van der Waals surface area contributed by atoms with E-state index >= 15 is 0 Å². The van der Waals surface area contributed by atoms with Gasteiger partial charge in [-0.1, -0.05) is 13.8 Å². The van der Waals surface area contributed by atoms with Crippen molar-refractivity contribution in [3.05, 3.63) is 33.4 Å². The number of nitrogens with zero attached hydrogens (tertiary/aromatic N) is 4. The predicted octanol–water partition coefficient (Wildman–Crippen LogP) is 1.17. The van der Waals surface area contributed by atoms with E-state index in [2.05, 4.69) is 4.90 Å². The number of non-ortho nitro benzene ring substituents is 1. The standard InChI is InChI=1S/C17H26N4O6S/c1-3-19(4-2)28(24,25)20-7-5-18(6-8-20)11-14-9-16(21(22)23)10-15-12-26-13-27-17(14)15/h9-10H,3-8,11-13H2,1-2H3. The highest BCUT2D eigenvalue weighted by molar-refractivity contribution is 7.86. The number of nitro benzene ring substituents is 1. The van der Waals surface area contributed by atoms with Crippen molar-refractivity contribution in [3.63, 3.8) is 0 Å². The van der Waals surface area contributed by atoms with E-state index in [1.165, 1.54) is 20.7 Å². The molecule has 0 atom stereocenters. The molecule has 156 valence electrons. The quantitative estimate of drug-likeness (QED) is 0.487. The molecule has 0 aromatic heterocycles. The van der Waals surface area contributed by atoms with E-state index in [-0.39, 0.29) is 19.1 Å². The minimum absolute atomic E-state index is 0.00518. The topological polar surface area (TPSA) is 105 Å². The molecule has 1 fully saturated rings. The molecular formula is C17H26N4O6S. The Morgan fingerprint density at radius 3 is 2.46 bits per heavy atom. The second-order valence-electron chi connectivity index (χ2n) is 6.73. The third-order valence-corrected chi connectivity index (χ3v) is 7.25. The summed E-state index contributed by atoms with van der Waals surface area (Å²) in [4.78, 5) is 12.9. The zero-order valence-corrected chi connectivity index (χ0v) is 17.0. The Kier molecular flexibility index (Phi) is 6.50. The molecule has 0 N–H and O–H groups in total. The van der Waals surface area contributed by atoms with Gasteiger partial charge in [0.1, 0.15) is 5.75 Å². The lowest BCUT2D eigenvalue weighted by atomic mass is 10.1. The number of fused-ring (bicyclic) bond motifs is 1. The lowest BCUT2D eigenvalue weighted by molar-refractivity contribution is -0.385. The fourth-order valence-corrected chi connectivity index (χ4v) is 5.18. The Hall–Kier alpha value is -1.79. The van der Waals surface area contributed by atoms with Gasteiger partial charge in [0, 0.05) is 69.1 Å². The van der Waals surface area contributed by atoms with Crippen molar-refractivity contribution in [2.45, 2.75) is 27.0 Å². The van der Waals surface area contributed by atoms with Crippen molar-refractivity contribution in [1.29, 1.82) is 0 Å². The fraction of sp³-hybridized carbons (Fsp3) is 0.647. The Labute approximate surface area is 164 Å². The molecule has 0 bridgehead atoms. The first-order valence-electron chi connectivity index (χ1n) is 9.35. The minimum Gasteiger partial charge on any atom is -0.467 e. The van der Waals surface area contributed by atoms with Crippen LogP contribution in [0.2, 0.25) is 0 Å². The van der Waals surface area contributed by atoms with E-state index in [0.717, 1.165) is 5.56 Å². The van der Waals surface area contributed by atoms with Gasteiger partial charge in [0.15, 0.2) is 6.79 Å². The lowest BCUT2D eigenvalue weighted by Gasteiger charge is -2.36. The Bertz CT molecular complexity index is 819. The van der Waals surface area contributed by atoms with E-state index < -0.39 is 15.1 Å². The van der Waals surface area contributed by atoms with E-state index in [0.29, 0.717) is 57.1 Å². The SMILES string of the molecule is CCN(CC)S(=O)(=O)N1CCN(Cc2cc([N+](=O)[O-])cc3c2OCOC3)CC1. The number of hydrogen-bond donors (Lipinski definition) is 0. The van der Waals surface area contributed by atoms with Crippen LogP contribution in [0.1, 0.15) is 25.0 Å². The van der Waals surface area contributed by atoms with Gasteiger partial charge in [-0.15, -0.1) is 0 Å². The molecule has 2 aliphatic rings. The van der Waals surface area contributed by atoms with Gasteiger partial charge in [-0.2, -0.15) is 17.0 Å². The van der Waals surface area contributed by atoms with Crippen LogP contribution in [0.5, 0.6) is 5.75 Å². The minimum atomic E-state index is -3.44. The summed E-state index contributed by atoms with van der Waals surface area (Å²) in [7, 11) is -3.44. The maximum Gasteiger partial charge on any atom is 0.282 e. The number of ether oxygens (including phenoxy) is 2. The maximum atomic E-state index is 12.6. The van der Waals surface area contributed by atoms with Crippen molar-refractivity contribution in [2.75, 3.05) is 46.1 Å². The molecule has 1 aromatic carbocycles. The Balaban J connectivity index is 1.71. The smallest absolute Gasteiger partial charge is 0.282 e. The fourth-order valence-electron chi connectivity index (χ4n) is 3.58. The largest absolute Gasteiger partial charge is 0.467 e. The molecule has 1 aromatic rings. The van der Waals surface area contributed by atoms with Crippen LogP contribution in [0.4, 0.5) is 5.69 Å². The second-order valence-corrected chi connectivity index (χ2v) is 8.66. The molecule has 1 saturated heterocycles. The molecule has 10 nitrogen and oxygen atoms in total. The highest BCUT2D eigenvalue weighted by Gasteiger charge is 2.31. The van der Waals surface area contributed by atoms with Gasteiger partial charge in [0.05, 0.1) is 11.5 Å². The Morgan fingerprint density at radius 2 is 1.86 bits per heavy atom. The predicted molar refractivity (Wildman–Crippen MR) is 102 cm³/mol. The molecule has 11 heteroatoms. The summed E-state index contributed by atoms with van der Waals surface area (Å²) < 4.78 is 39.1. The van der Waals surface area contributed by atoms with Crippen LogP contribution in [-0.4, -0.2) is 72.9 Å². The average molecular weight is 414 g/mol. The molecule has 0 spiro atoms. The maximum absolute atomic E-state index is 12.6. The van der Waals surface area contributed by atoms with Crippen molar-refractivity contribution in [2.24, 2.45) is 0 Å². The van der Waals surface area contributed by atoms with E-state index in [1.807, 2.05) is 13.8 Å². The van der Waals surface area contributed by atoms with Gasteiger partial charge < -0.3 is 9.47 Å². The zero-order valence-electron chi connectivity index (χ0n) is 16.2. The van der Waals surface area contributed by atoms with Crippen LogP contribution in [0.15, 0.2) is 12.1 Å². The Morgan fingerprint density at radius 1 is 1.18 bits per heavy atom. The number of nitro groups is 1. The molecule has 2 heterocycles. The van der Waals surface area contributed by atoms with Crippen molar-refractivity contribution < 1.29 is 22.8 Å². The lowest BCUT2D eigenvalue weighted by Crippen LogP contribution is -2.52. The molecule has 2 aliphatic heterocycles. The van der Waals surface area contributed by atoms with Crippen molar-refractivity contribution in [3.8, 4) is 5.75 Å². The summed E-state index contributed by atoms with van der Waals surface area (Å²) in [5.41, 5.74) is 1.40. The third kappa shape index (κ3) is 4.28. The van der Waals surface area contributed by atoms with Gasteiger partial charge >= 0.3 is 0 Å². The molecule has 0 saturated carbocycles. The molecule has 3 rings (SSSR count). The van der Waals surface area contributed by atoms with Gasteiger partial charge in [-0.25, -0.2) is 0 Å². The second kappa shape index (κ2) is 8.70. The molecule has 0 radical (unpaired) electrons. The summed E-state index contributed by atoms with van der Waals surface area (Å²) in [5.74, 6) is 0.634. The van der Waals surface area contributed by atoms with Crippen LogP contribution >= 0.6 is 0 Å². The van der Waals surface area contributed by atoms with Crippen LogP contribution in [0.25, 0.3) is 0 Å². The number of piperazine rings is 1. The average Bonchev–Trinajstić information content (AvgIpc) is 2.69. The van der Waals surface area contributed by atoms with Gasteiger partial charge in [0.2, 0.25) is 0 Å². The molecule has 28 heavy (non-hydrogen) atoms. The number of rotatable bonds is 7. The normalized spacial score (nSPS) is 18.7.